The van der Waals surface area contributed by atoms with Gasteiger partial charge in [0.15, 0.2) is 35.4 Å². The van der Waals surface area contributed by atoms with Crippen LogP contribution >= 0.6 is 33.8 Å². The van der Waals surface area contributed by atoms with Crippen LogP contribution in [0.5, 0.6) is 0 Å². The molecule has 9 unspecified atom stereocenters. The molecule has 14 atom stereocenters. The van der Waals surface area contributed by atoms with E-state index in [9.17, 15) is 43.4 Å². The predicted octanol–water partition coefficient (Wildman–Crippen LogP) is 4.41. The summed E-state index contributed by atoms with van der Waals surface area (Å²) in [6.07, 6.45) is 4.60. The van der Waals surface area contributed by atoms with Crippen molar-refractivity contribution in [2.45, 2.75) is 164 Å². The van der Waals surface area contributed by atoms with E-state index in [2.05, 4.69) is 36.8 Å². The molecule has 0 amide bonds. The molecule has 4 aromatic rings. The van der Waals surface area contributed by atoms with Crippen molar-refractivity contribution >= 4 is 73.8 Å². The van der Waals surface area contributed by atoms with Crippen LogP contribution in [0.2, 0.25) is 0 Å². The van der Waals surface area contributed by atoms with Crippen LogP contribution in [0.15, 0.2) is 25.3 Å². The SMILES string of the molecule is CCCCCCCCCCCCCC(=O)OCCSP(=O)(O)OC[C@H]1OCC(OP(=O)(O)OC[C@H]2O[C@@H](n3cnc4c(N)ncnc43)C(OP(=O)(O)OC[C@]34CCCOC3C(O)[C@H](n3cnc5c(N)ncnc53)O4)C2O)C1OC. The van der Waals surface area contributed by atoms with Crippen molar-refractivity contribution in [3.63, 3.8) is 0 Å². The van der Waals surface area contributed by atoms with E-state index >= 15 is 0 Å². The predicted molar refractivity (Wildman–Crippen MR) is 279 cm³/mol. The number of esters is 1. The smallest absolute Gasteiger partial charge is 0.465 e. The number of rotatable bonds is 32. The minimum Gasteiger partial charge on any atom is -0.465 e. The molecule has 0 aliphatic carbocycles. The van der Waals surface area contributed by atoms with Crippen molar-refractivity contribution in [1.82, 2.24) is 39.0 Å². The van der Waals surface area contributed by atoms with E-state index in [1.165, 1.54) is 80.2 Å². The third-order valence-corrected chi connectivity index (χ3v) is 19.0. The maximum Gasteiger partial charge on any atom is 0.472 e. The monoisotopic (exact) mass is 1200 g/mol. The molecule has 9 N–H and O–H groups in total. The largest absolute Gasteiger partial charge is 0.472 e. The van der Waals surface area contributed by atoms with Gasteiger partial charge >= 0.3 is 28.4 Å². The van der Waals surface area contributed by atoms with Crippen LogP contribution in [0.1, 0.15) is 109 Å². The Hall–Kier alpha value is -3.39. The molecule has 4 aromatic heterocycles. The standard InChI is InChI=1S/C45H71N10O20P3S/c1-3-4-5-6-7-8-9-10-11-12-13-15-31(56)66-18-19-79-78(63,64)70-22-29-36(65-2)30(20-68-29)74-76(59,60)69-21-28-34(57)37(44(72-28)55-27-53-33-40(47)49-25-51-42(33)55)75-77(61,62)71-23-45-16-14-17-67-38(45)35(58)43(73-45)54-26-52-32-39(46)48-24-50-41(32)54/h24-30,34-38,43-44,57-58H,3-23H2,1-2H3,(H,59,60)(H,61,62)(H,63,64)(H2,46,48,50)(H2,47,49,51)/t28-,29-,30?,34?,35?,36?,37?,38?,43-,44-,45-/m1/s1. The molecule has 4 aliphatic heterocycles. The Morgan fingerprint density at radius 2 is 1.37 bits per heavy atom. The summed E-state index contributed by atoms with van der Waals surface area (Å²) in [5, 5.41) is 23.2. The summed E-state index contributed by atoms with van der Waals surface area (Å²) in [7, 11) is -9.11. The van der Waals surface area contributed by atoms with Gasteiger partial charge in [0.25, 0.3) is 0 Å². The zero-order chi connectivity index (χ0) is 56.4. The minimum absolute atomic E-state index is 0.0194. The summed E-state index contributed by atoms with van der Waals surface area (Å²) in [6, 6.07) is 0. The lowest BCUT2D eigenvalue weighted by atomic mass is 9.89. The van der Waals surface area contributed by atoms with Gasteiger partial charge in [-0.3, -0.25) is 36.5 Å². The van der Waals surface area contributed by atoms with Gasteiger partial charge in [0.2, 0.25) is 0 Å². The number of hydrogen-bond donors (Lipinski definition) is 7. The lowest BCUT2D eigenvalue weighted by Gasteiger charge is -2.38. The third kappa shape index (κ3) is 15.6. The maximum atomic E-state index is 14.0. The van der Waals surface area contributed by atoms with Crippen LogP contribution in [-0.2, 0) is 69.5 Å². The van der Waals surface area contributed by atoms with E-state index in [-0.39, 0.29) is 78.3 Å². The van der Waals surface area contributed by atoms with E-state index in [1.807, 2.05) is 0 Å². The summed E-state index contributed by atoms with van der Waals surface area (Å²) in [4.78, 5) is 69.7. The van der Waals surface area contributed by atoms with Crippen LogP contribution in [0.4, 0.5) is 11.6 Å². The molecule has 4 aliphatic rings. The molecule has 0 bridgehead atoms. The molecule has 79 heavy (non-hydrogen) atoms. The number of fused-ring (bicyclic) bond motifs is 3. The Bertz CT molecular complexity index is 2790. The van der Waals surface area contributed by atoms with Gasteiger partial charge in [-0.2, -0.15) is 0 Å². The molecule has 8 rings (SSSR count). The first-order valence-electron chi connectivity index (χ1n) is 26.2. The Morgan fingerprint density at radius 1 is 0.759 bits per heavy atom. The van der Waals surface area contributed by atoms with Gasteiger partial charge in [0, 0.05) is 25.9 Å². The fourth-order valence-electron chi connectivity index (χ4n) is 10.0. The highest BCUT2D eigenvalue weighted by Crippen LogP contribution is 2.57. The first-order chi connectivity index (χ1) is 37.8. The number of carbonyl (C=O) groups excluding carboxylic acids is 1. The van der Waals surface area contributed by atoms with Crippen molar-refractivity contribution in [3.8, 4) is 0 Å². The van der Waals surface area contributed by atoms with Crippen LogP contribution in [0.3, 0.4) is 0 Å². The number of nitrogens with zero attached hydrogens (tertiary/aromatic N) is 8. The average Bonchev–Trinajstić information content (AvgIpc) is 4.47. The summed E-state index contributed by atoms with van der Waals surface area (Å²) in [5.74, 6) is -0.343. The second-order valence-electron chi connectivity index (χ2n) is 19.6. The number of hydrogen-bond acceptors (Lipinski definition) is 26. The number of nitrogens with two attached hydrogens (primary N) is 2. The number of methoxy groups -OCH3 is 1. The molecule has 442 valence electrons. The lowest BCUT2D eigenvalue weighted by Crippen LogP contribution is -2.51. The molecule has 0 spiro atoms. The first-order valence-corrected chi connectivity index (χ1v) is 32.4. The van der Waals surface area contributed by atoms with Crippen LogP contribution < -0.4 is 11.5 Å². The number of unbranched alkanes of at least 4 members (excludes halogenated alkanes) is 10. The van der Waals surface area contributed by atoms with Gasteiger partial charge in [0.1, 0.15) is 84.7 Å². The van der Waals surface area contributed by atoms with E-state index in [4.69, 9.17) is 62.5 Å². The summed E-state index contributed by atoms with van der Waals surface area (Å²) in [6.45, 7) is -4.32. The summed E-state index contributed by atoms with van der Waals surface area (Å²) in [5.41, 5.74) is 11.1. The Labute approximate surface area is 458 Å². The number of nitrogen functional groups attached to an aromatic ring is 2. The number of ether oxygens (including phenoxy) is 6. The molecule has 0 saturated carbocycles. The molecule has 4 saturated heterocycles. The number of aromatic nitrogens is 8. The number of carbonyl (C=O) groups is 1. The first kappa shape index (κ1) is 61.7. The van der Waals surface area contributed by atoms with E-state index in [0.717, 1.165) is 25.6 Å². The van der Waals surface area contributed by atoms with E-state index < -0.39 is 109 Å². The molecule has 30 nitrogen and oxygen atoms in total. The minimum atomic E-state index is -5.27. The van der Waals surface area contributed by atoms with Gasteiger partial charge in [-0.15, -0.1) is 0 Å². The molecule has 34 heteroatoms. The second-order valence-corrected chi connectivity index (χ2v) is 26.4. The van der Waals surface area contributed by atoms with E-state index in [1.54, 1.807) is 0 Å². The van der Waals surface area contributed by atoms with Crippen molar-refractivity contribution in [1.29, 1.82) is 0 Å². The molecular formula is C45H71N10O20P3S. The maximum absolute atomic E-state index is 14.0. The topological polar surface area (TPSA) is 410 Å². The van der Waals surface area contributed by atoms with Crippen LogP contribution in [-0.4, -0.2) is 177 Å². The van der Waals surface area contributed by atoms with Gasteiger partial charge in [-0.1, -0.05) is 71.1 Å². The number of phosphoric ester groups is 2. The highest BCUT2D eigenvalue weighted by molar-refractivity contribution is 8.54. The van der Waals surface area contributed by atoms with Crippen molar-refractivity contribution in [2.24, 2.45) is 0 Å². The van der Waals surface area contributed by atoms with Crippen LogP contribution in [0, 0.1) is 0 Å². The summed E-state index contributed by atoms with van der Waals surface area (Å²) < 4.78 is 105. The highest BCUT2D eigenvalue weighted by Gasteiger charge is 2.59. The van der Waals surface area contributed by atoms with Crippen molar-refractivity contribution in [2.75, 3.05) is 64.0 Å². The second kappa shape index (κ2) is 27.8. The normalized spacial score (nSPS) is 29.4. The molecule has 8 heterocycles. The van der Waals surface area contributed by atoms with Gasteiger partial charge in [0.05, 0.1) is 39.1 Å². The van der Waals surface area contributed by atoms with E-state index in [0.29, 0.717) is 24.2 Å². The highest BCUT2D eigenvalue weighted by atomic mass is 32.7. The number of aliphatic hydroxyl groups excluding tert-OH is 2. The Balaban J connectivity index is 0.820. The van der Waals surface area contributed by atoms with Crippen molar-refractivity contribution < 1.29 is 94.4 Å². The van der Waals surface area contributed by atoms with Gasteiger partial charge < -0.3 is 64.8 Å². The molecule has 0 radical (unpaired) electrons. The summed E-state index contributed by atoms with van der Waals surface area (Å²) >= 11 is 0.561. The molecular weight excluding hydrogens is 1130 g/mol. The van der Waals surface area contributed by atoms with Crippen LogP contribution in [0.25, 0.3) is 22.3 Å². The zero-order valence-electron chi connectivity index (χ0n) is 43.8. The average molecular weight is 1200 g/mol. The van der Waals surface area contributed by atoms with Gasteiger partial charge in [-0.25, -0.2) is 43.6 Å². The number of aliphatic hydroxyl groups is 2. The fourth-order valence-corrected chi connectivity index (χ4v) is 14.1. The number of imidazole rings is 2. The fraction of sp³-hybridized carbons (Fsp3) is 0.756. The third-order valence-electron chi connectivity index (χ3n) is 14.0. The molecule has 4 fully saturated rings. The molecule has 0 aromatic carbocycles. The van der Waals surface area contributed by atoms with Gasteiger partial charge in [-0.05, 0) is 30.6 Å². The Kier molecular flexibility index (Phi) is 21.7. The number of phosphoric acid groups is 2. The zero-order valence-corrected chi connectivity index (χ0v) is 47.3. The number of anilines is 2. The lowest BCUT2D eigenvalue weighted by molar-refractivity contribution is -0.165. The Morgan fingerprint density at radius 3 is 2.01 bits per heavy atom. The van der Waals surface area contributed by atoms with Crippen molar-refractivity contribution in [3.05, 3.63) is 25.3 Å². The quantitative estimate of drug-likeness (QED) is 0.0202.